The van der Waals surface area contributed by atoms with Crippen molar-refractivity contribution >= 4 is 9.29 Å². The fraction of sp³-hybridized carbons (Fsp3) is 0. The maximum absolute atomic E-state index is 8.40. The monoisotopic (exact) mass is 167 g/mol. The molecule has 4 heteroatoms. The van der Waals surface area contributed by atoms with E-state index in [1.165, 1.54) is 6.08 Å². The summed E-state index contributed by atoms with van der Waals surface area (Å²) in [5.41, 5.74) is 0. The molecule has 0 fully saturated rings. The summed E-state index contributed by atoms with van der Waals surface area (Å²) in [4.78, 5) is 0. The third-order valence-corrected chi connectivity index (χ3v) is 0.258. The van der Waals surface area contributed by atoms with Gasteiger partial charge in [-0.1, -0.05) is 31.9 Å². The van der Waals surface area contributed by atoms with Crippen LogP contribution in [0.3, 0.4) is 0 Å². The molecule has 11 heavy (non-hydrogen) atoms. The molecule has 0 aromatic carbocycles. The number of allylic oxidation sites excluding steroid dienone is 3. The summed E-state index contributed by atoms with van der Waals surface area (Å²) in [5.74, 6) is 0. The first-order valence-corrected chi connectivity index (χ1v) is 3.30. The second-order valence-electron chi connectivity index (χ2n) is 0.888. The Balaban J connectivity index is -0.0000000886. The Morgan fingerprint density at radius 3 is 1.36 bits per heavy atom. The van der Waals surface area contributed by atoms with Gasteiger partial charge in [-0.15, -0.1) is 0 Å². The zero-order valence-electron chi connectivity index (χ0n) is 6.12. The van der Waals surface area contributed by atoms with E-state index >= 15 is 0 Å². The molecule has 0 bridgehead atoms. The molecule has 0 aromatic heterocycles. The highest BCUT2D eigenvalue weighted by atomic mass is 28.2. The molecule has 0 aromatic rings. The normalized spacial score (nSPS) is 3.91. The summed E-state index contributed by atoms with van der Waals surface area (Å²) in [7, 11) is -1.42. The molecule has 0 rings (SSSR count). The number of nitriles is 1. The van der Waals surface area contributed by atoms with Gasteiger partial charge in [-0.2, -0.15) is 5.26 Å². The quantitative estimate of drug-likeness (QED) is 0.337. The average Bonchev–Trinajstić information content (AvgIpc) is 2.06. The molecule has 0 saturated heterocycles. The zero-order valence-corrected chi connectivity index (χ0v) is 7.12. The van der Waals surface area contributed by atoms with Gasteiger partial charge in [0.1, 0.15) is 0 Å². The first kappa shape index (κ1) is 16.3. The molecule has 0 aliphatic rings. The van der Waals surface area contributed by atoms with Gasteiger partial charge in [0.15, 0.2) is 0 Å². The molecule has 0 spiro atoms. The summed E-state index contributed by atoms with van der Waals surface area (Å²) in [5, 5.41) is 7.51. The van der Waals surface area contributed by atoms with Gasteiger partial charge in [-0.25, -0.2) is 0 Å². The molecule has 0 N–H and O–H groups in total. The molecular formula is C7H9NO2Si. The smallest absolute Gasteiger partial charge is 0.274 e. The number of rotatable bonds is 1. The number of nitrogens with zero attached hydrogens (tertiary/aromatic N) is 1. The third-order valence-electron chi connectivity index (χ3n) is 0.258. The fourth-order valence-corrected chi connectivity index (χ4v) is 0. The van der Waals surface area contributed by atoms with Gasteiger partial charge in [0.25, 0.3) is 0 Å². The first-order valence-electron chi connectivity index (χ1n) is 2.48. The van der Waals surface area contributed by atoms with Crippen LogP contribution in [0.2, 0.25) is 0 Å². The van der Waals surface area contributed by atoms with Crippen molar-refractivity contribution in [2.75, 3.05) is 0 Å². The van der Waals surface area contributed by atoms with Crippen molar-refractivity contribution in [2.24, 2.45) is 0 Å². The molecule has 0 aliphatic carbocycles. The molecule has 0 atom stereocenters. The lowest BCUT2D eigenvalue weighted by Crippen LogP contribution is -1.26. The van der Waals surface area contributed by atoms with Crippen molar-refractivity contribution in [3.63, 3.8) is 0 Å². The van der Waals surface area contributed by atoms with E-state index in [1.807, 2.05) is 0 Å². The lowest BCUT2D eigenvalue weighted by Gasteiger charge is -1.44. The maximum Gasteiger partial charge on any atom is 0.549 e. The van der Waals surface area contributed by atoms with Gasteiger partial charge in [0, 0.05) is 6.08 Å². The number of hydrogen-bond donors (Lipinski definition) is 0. The van der Waals surface area contributed by atoms with Crippen LogP contribution in [0.4, 0.5) is 0 Å². The molecule has 0 heterocycles. The summed E-state index contributed by atoms with van der Waals surface area (Å²) in [6.45, 7) is 9.84. The van der Waals surface area contributed by atoms with Gasteiger partial charge in [0.05, 0.1) is 6.07 Å². The second kappa shape index (κ2) is 38.8. The van der Waals surface area contributed by atoms with Crippen LogP contribution in [0.1, 0.15) is 0 Å². The van der Waals surface area contributed by atoms with Crippen LogP contribution in [0.5, 0.6) is 0 Å². The Morgan fingerprint density at radius 2 is 1.36 bits per heavy atom. The minimum atomic E-state index is -1.42. The van der Waals surface area contributed by atoms with Crippen molar-refractivity contribution in [1.82, 2.24) is 0 Å². The van der Waals surface area contributed by atoms with Gasteiger partial charge >= 0.3 is 9.29 Å². The maximum atomic E-state index is 8.40. The highest BCUT2D eigenvalue weighted by Crippen LogP contribution is 1.52. The van der Waals surface area contributed by atoms with E-state index in [4.69, 9.17) is 14.2 Å². The van der Waals surface area contributed by atoms with Crippen LogP contribution in [0, 0.1) is 11.3 Å². The van der Waals surface area contributed by atoms with E-state index in [1.54, 1.807) is 18.2 Å². The highest BCUT2D eigenvalue weighted by Gasteiger charge is 1.34. The minimum Gasteiger partial charge on any atom is -0.274 e. The van der Waals surface area contributed by atoms with E-state index in [-0.39, 0.29) is 0 Å². The Hall–Kier alpha value is -1.47. The molecule has 0 amide bonds. The average molecular weight is 167 g/mol. The second-order valence-corrected chi connectivity index (χ2v) is 1.05. The van der Waals surface area contributed by atoms with Crippen molar-refractivity contribution in [3.8, 4) is 6.07 Å². The van der Waals surface area contributed by atoms with Crippen molar-refractivity contribution in [2.45, 2.75) is 0 Å². The molecule has 0 radical (unpaired) electrons. The highest BCUT2D eigenvalue weighted by molar-refractivity contribution is 5.94. The summed E-state index contributed by atoms with van der Waals surface area (Å²) >= 11 is 0. The zero-order chi connectivity index (χ0) is 9.54. The van der Waals surface area contributed by atoms with Crippen molar-refractivity contribution in [3.05, 3.63) is 38.0 Å². The van der Waals surface area contributed by atoms with Gasteiger partial charge < -0.3 is 0 Å². The largest absolute Gasteiger partial charge is 0.549 e. The SMILES string of the molecule is C=CC#N.C=CC=C.O=[Si]=O. The molecule has 3 nitrogen and oxygen atoms in total. The Labute approximate surface area is 68.3 Å². The Kier molecular flexibility index (Phi) is 57.4. The van der Waals surface area contributed by atoms with Crippen LogP contribution >= 0.6 is 0 Å². The van der Waals surface area contributed by atoms with E-state index in [0.717, 1.165) is 0 Å². The van der Waals surface area contributed by atoms with Gasteiger partial charge in [-0.3, -0.25) is 8.92 Å². The lowest BCUT2D eigenvalue weighted by molar-refractivity contribution is 0.497. The van der Waals surface area contributed by atoms with Crippen LogP contribution < -0.4 is 0 Å². The molecule has 0 aliphatic heterocycles. The summed E-state index contributed by atoms with van der Waals surface area (Å²) in [6.07, 6.45) is 4.46. The first-order chi connectivity index (χ1) is 5.24. The van der Waals surface area contributed by atoms with Crippen LogP contribution in [0.15, 0.2) is 38.0 Å². The summed E-state index contributed by atoms with van der Waals surface area (Å²) < 4.78 is 16.8. The van der Waals surface area contributed by atoms with Crippen LogP contribution in [-0.2, 0) is 8.92 Å². The molecule has 0 unspecified atom stereocenters. The topological polar surface area (TPSA) is 57.9 Å². The Bertz CT molecular complexity index is 169. The predicted octanol–water partition coefficient (Wildman–Crippen LogP) is 1.44. The number of hydrogen-bond acceptors (Lipinski definition) is 3. The van der Waals surface area contributed by atoms with Crippen LogP contribution in [0.25, 0.3) is 0 Å². The lowest BCUT2D eigenvalue weighted by atomic mass is 10.6. The van der Waals surface area contributed by atoms with Crippen molar-refractivity contribution in [1.29, 1.82) is 5.26 Å². The molecule has 0 saturated carbocycles. The molecule has 58 valence electrons. The van der Waals surface area contributed by atoms with Crippen LogP contribution in [-0.4, -0.2) is 9.29 Å². The molecular weight excluding hydrogens is 158 g/mol. The van der Waals surface area contributed by atoms with Gasteiger partial charge in [0.2, 0.25) is 0 Å². The van der Waals surface area contributed by atoms with Crippen molar-refractivity contribution < 1.29 is 8.92 Å². The standard InChI is InChI=1S/C4H6.C3H3N.O2Si/c1-3-4-2;1-2-3-4;1-3-2/h3-4H,1-2H2;2H,1H2;. The summed E-state index contributed by atoms with van der Waals surface area (Å²) in [6, 6.07) is 1.69. The van der Waals surface area contributed by atoms with E-state index < -0.39 is 9.29 Å². The predicted molar refractivity (Wildman–Crippen MR) is 43.3 cm³/mol. The van der Waals surface area contributed by atoms with E-state index in [2.05, 4.69) is 19.7 Å². The fourth-order valence-electron chi connectivity index (χ4n) is 0. The minimum absolute atomic E-state index is 1.18. The van der Waals surface area contributed by atoms with E-state index in [9.17, 15) is 0 Å². The van der Waals surface area contributed by atoms with E-state index in [0.29, 0.717) is 0 Å². The Morgan fingerprint density at radius 1 is 1.18 bits per heavy atom. The van der Waals surface area contributed by atoms with Gasteiger partial charge in [-0.05, 0) is 0 Å². The third kappa shape index (κ3) is 1310.